The third-order valence-corrected chi connectivity index (χ3v) is 6.37. The molecule has 0 aliphatic carbocycles. The van der Waals surface area contributed by atoms with Crippen LogP contribution in [0.5, 0.6) is 11.5 Å². The maximum atomic E-state index is 13.3. The van der Waals surface area contributed by atoms with E-state index in [1.165, 1.54) is 11.1 Å². The van der Waals surface area contributed by atoms with E-state index in [0.29, 0.717) is 18.7 Å². The summed E-state index contributed by atoms with van der Waals surface area (Å²) in [5, 5.41) is 2.97. The number of nitrogens with one attached hydrogen (secondary N) is 1. The summed E-state index contributed by atoms with van der Waals surface area (Å²) < 4.78 is 10.9. The minimum atomic E-state index is -0.538. The molecule has 2 aliphatic heterocycles. The van der Waals surface area contributed by atoms with Crippen molar-refractivity contribution in [1.29, 1.82) is 0 Å². The largest absolute Gasteiger partial charge is 0.454 e. The molecule has 0 spiro atoms. The SMILES string of the molecule is CCc1ccc(C(=O)NC(C(=O)N2CCN(Cc3ccc4c(c3)OCO4)CC2)C(C)C)cc1. The number of hydrogen-bond acceptors (Lipinski definition) is 5. The van der Waals surface area contributed by atoms with Gasteiger partial charge < -0.3 is 19.7 Å². The van der Waals surface area contributed by atoms with Gasteiger partial charge in [0.15, 0.2) is 11.5 Å². The van der Waals surface area contributed by atoms with Gasteiger partial charge in [-0.1, -0.05) is 39.0 Å². The quantitative estimate of drug-likeness (QED) is 0.701. The zero-order chi connectivity index (χ0) is 23.4. The van der Waals surface area contributed by atoms with Crippen LogP contribution in [0.1, 0.15) is 42.3 Å². The van der Waals surface area contributed by atoms with Gasteiger partial charge in [0.1, 0.15) is 6.04 Å². The van der Waals surface area contributed by atoms with Gasteiger partial charge in [0, 0.05) is 38.3 Å². The summed E-state index contributed by atoms with van der Waals surface area (Å²) in [6.45, 7) is 9.97. The Morgan fingerprint density at radius 2 is 1.61 bits per heavy atom. The zero-order valence-electron chi connectivity index (χ0n) is 19.7. The fraction of sp³-hybridized carbons (Fsp3) is 0.462. The highest BCUT2D eigenvalue weighted by Gasteiger charge is 2.31. The van der Waals surface area contributed by atoms with Crippen LogP contribution in [0.3, 0.4) is 0 Å². The number of piperazine rings is 1. The van der Waals surface area contributed by atoms with E-state index >= 15 is 0 Å². The summed E-state index contributed by atoms with van der Waals surface area (Å²) >= 11 is 0. The summed E-state index contributed by atoms with van der Waals surface area (Å²) in [6, 6.07) is 13.1. The van der Waals surface area contributed by atoms with Gasteiger partial charge in [-0.15, -0.1) is 0 Å². The molecule has 1 atom stereocenters. The highest BCUT2D eigenvalue weighted by Crippen LogP contribution is 2.32. The van der Waals surface area contributed by atoms with Crippen molar-refractivity contribution >= 4 is 11.8 Å². The van der Waals surface area contributed by atoms with Gasteiger partial charge >= 0.3 is 0 Å². The summed E-state index contributed by atoms with van der Waals surface area (Å²) in [5.41, 5.74) is 2.93. The fourth-order valence-electron chi connectivity index (χ4n) is 4.25. The third kappa shape index (κ3) is 5.47. The Labute approximate surface area is 195 Å². The number of rotatable bonds is 7. The minimum Gasteiger partial charge on any atom is -0.454 e. The molecule has 0 aromatic heterocycles. The van der Waals surface area contributed by atoms with Crippen LogP contribution in [-0.4, -0.2) is 60.6 Å². The number of nitrogens with zero attached hydrogens (tertiary/aromatic N) is 2. The molecule has 1 saturated heterocycles. The molecule has 33 heavy (non-hydrogen) atoms. The van der Waals surface area contributed by atoms with Gasteiger partial charge in [0.2, 0.25) is 12.7 Å². The molecule has 176 valence electrons. The molecule has 2 aliphatic rings. The first kappa shape index (κ1) is 23.1. The normalized spacial score (nSPS) is 16.7. The van der Waals surface area contributed by atoms with E-state index in [0.717, 1.165) is 37.6 Å². The average Bonchev–Trinajstić information content (AvgIpc) is 3.30. The first-order chi connectivity index (χ1) is 15.9. The maximum absolute atomic E-state index is 13.3. The predicted octanol–water partition coefficient (Wildman–Crippen LogP) is 3.08. The molecular formula is C26H33N3O4. The van der Waals surface area contributed by atoms with E-state index in [-0.39, 0.29) is 24.5 Å². The molecule has 2 aromatic rings. The van der Waals surface area contributed by atoms with Crippen LogP contribution in [-0.2, 0) is 17.8 Å². The molecule has 0 bridgehead atoms. The first-order valence-corrected chi connectivity index (χ1v) is 11.7. The molecule has 2 heterocycles. The van der Waals surface area contributed by atoms with E-state index in [2.05, 4.69) is 23.2 Å². The van der Waals surface area contributed by atoms with Crippen LogP contribution in [0, 0.1) is 5.92 Å². The smallest absolute Gasteiger partial charge is 0.251 e. The van der Waals surface area contributed by atoms with Crippen LogP contribution in [0.25, 0.3) is 0 Å². The summed E-state index contributed by atoms with van der Waals surface area (Å²) in [7, 11) is 0. The van der Waals surface area contributed by atoms with Gasteiger partial charge in [-0.05, 0) is 47.7 Å². The van der Waals surface area contributed by atoms with E-state index in [4.69, 9.17) is 9.47 Å². The molecule has 2 amide bonds. The number of aryl methyl sites for hydroxylation is 1. The molecule has 7 nitrogen and oxygen atoms in total. The lowest BCUT2D eigenvalue weighted by atomic mass is 10.0. The number of carbonyl (C=O) groups is 2. The molecule has 4 rings (SSSR count). The van der Waals surface area contributed by atoms with Crippen LogP contribution in [0.2, 0.25) is 0 Å². The van der Waals surface area contributed by atoms with E-state index < -0.39 is 6.04 Å². The van der Waals surface area contributed by atoms with Gasteiger partial charge in [-0.2, -0.15) is 0 Å². The van der Waals surface area contributed by atoms with Crippen LogP contribution in [0.15, 0.2) is 42.5 Å². The molecule has 0 radical (unpaired) electrons. The lowest BCUT2D eigenvalue weighted by Crippen LogP contribution is -2.56. The third-order valence-electron chi connectivity index (χ3n) is 6.37. The zero-order valence-corrected chi connectivity index (χ0v) is 19.7. The Balaban J connectivity index is 1.32. The minimum absolute atomic E-state index is 0.00280. The van der Waals surface area contributed by atoms with Crippen molar-refractivity contribution in [3.63, 3.8) is 0 Å². The molecular weight excluding hydrogens is 418 g/mol. The summed E-state index contributed by atoms with van der Waals surface area (Å²) in [6.07, 6.45) is 0.926. The Kier molecular flexibility index (Phi) is 7.18. The molecule has 7 heteroatoms. The number of fused-ring (bicyclic) bond motifs is 1. The van der Waals surface area contributed by atoms with E-state index in [1.54, 1.807) is 0 Å². The lowest BCUT2D eigenvalue weighted by Gasteiger charge is -2.37. The van der Waals surface area contributed by atoms with Gasteiger partial charge in [0.25, 0.3) is 5.91 Å². The molecule has 0 saturated carbocycles. The Morgan fingerprint density at radius 3 is 2.27 bits per heavy atom. The highest BCUT2D eigenvalue weighted by atomic mass is 16.7. The van der Waals surface area contributed by atoms with Crippen molar-refractivity contribution in [2.45, 2.75) is 39.8 Å². The Bertz CT molecular complexity index is 982. The van der Waals surface area contributed by atoms with Crippen molar-refractivity contribution in [3.05, 3.63) is 59.2 Å². The average molecular weight is 452 g/mol. The predicted molar refractivity (Wildman–Crippen MR) is 126 cm³/mol. The number of ether oxygens (including phenoxy) is 2. The molecule has 1 unspecified atom stereocenters. The van der Waals surface area contributed by atoms with Crippen LogP contribution < -0.4 is 14.8 Å². The Morgan fingerprint density at radius 1 is 0.939 bits per heavy atom. The molecule has 2 aromatic carbocycles. The Hall–Kier alpha value is -3.06. The van der Waals surface area contributed by atoms with Gasteiger partial charge in [0.05, 0.1) is 0 Å². The van der Waals surface area contributed by atoms with Crippen LogP contribution in [0.4, 0.5) is 0 Å². The van der Waals surface area contributed by atoms with Crippen molar-refractivity contribution < 1.29 is 19.1 Å². The van der Waals surface area contributed by atoms with Crippen molar-refractivity contribution in [1.82, 2.24) is 15.1 Å². The maximum Gasteiger partial charge on any atom is 0.251 e. The topological polar surface area (TPSA) is 71.1 Å². The second-order valence-electron chi connectivity index (χ2n) is 9.03. The first-order valence-electron chi connectivity index (χ1n) is 11.7. The summed E-state index contributed by atoms with van der Waals surface area (Å²) in [4.78, 5) is 30.2. The van der Waals surface area contributed by atoms with Crippen molar-refractivity contribution in [2.24, 2.45) is 5.92 Å². The summed E-state index contributed by atoms with van der Waals surface area (Å²) in [5.74, 6) is 1.37. The second-order valence-corrected chi connectivity index (χ2v) is 9.03. The van der Waals surface area contributed by atoms with Gasteiger partial charge in [-0.25, -0.2) is 0 Å². The van der Waals surface area contributed by atoms with Crippen LogP contribution >= 0.6 is 0 Å². The van der Waals surface area contributed by atoms with E-state index in [9.17, 15) is 9.59 Å². The number of carbonyl (C=O) groups excluding carboxylic acids is 2. The molecule has 1 fully saturated rings. The monoisotopic (exact) mass is 451 g/mol. The second kappa shape index (κ2) is 10.3. The van der Waals surface area contributed by atoms with Crippen molar-refractivity contribution in [3.8, 4) is 11.5 Å². The molecule has 1 N–H and O–H groups in total. The lowest BCUT2D eigenvalue weighted by molar-refractivity contribution is -0.136. The number of amides is 2. The number of benzene rings is 2. The highest BCUT2D eigenvalue weighted by molar-refractivity contribution is 5.97. The van der Waals surface area contributed by atoms with Crippen molar-refractivity contribution in [2.75, 3.05) is 33.0 Å². The van der Waals surface area contributed by atoms with Gasteiger partial charge in [-0.3, -0.25) is 14.5 Å². The number of hydrogen-bond donors (Lipinski definition) is 1. The standard InChI is InChI=1S/C26H33N3O4/c1-4-19-5-8-21(9-6-19)25(30)27-24(18(2)3)26(31)29-13-11-28(12-14-29)16-20-7-10-22-23(15-20)33-17-32-22/h5-10,15,18,24H,4,11-14,16-17H2,1-3H3,(H,27,30). The fourth-order valence-corrected chi connectivity index (χ4v) is 4.25. The van der Waals surface area contributed by atoms with E-state index in [1.807, 2.05) is 55.1 Å².